The summed E-state index contributed by atoms with van der Waals surface area (Å²) in [6.07, 6.45) is 3.69. The maximum absolute atomic E-state index is 13.3. The number of aromatic nitrogens is 2. The lowest BCUT2D eigenvalue weighted by atomic mass is 10.1. The van der Waals surface area contributed by atoms with E-state index in [2.05, 4.69) is 4.99 Å². The summed E-state index contributed by atoms with van der Waals surface area (Å²) in [7, 11) is 1.63. The van der Waals surface area contributed by atoms with E-state index < -0.39 is 0 Å². The third kappa shape index (κ3) is 3.83. The fourth-order valence-electron chi connectivity index (χ4n) is 2.84. The van der Waals surface area contributed by atoms with E-state index in [1.807, 2.05) is 60.8 Å². The summed E-state index contributed by atoms with van der Waals surface area (Å²) in [5.41, 5.74) is 4.15. The molecule has 0 unspecified atom stereocenters. The second-order valence-electron chi connectivity index (χ2n) is 6.18. The molecule has 0 saturated carbocycles. The van der Waals surface area contributed by atoms with Crippen LogP contribution in [-0.4, -0.2) is 23.1 Å². The Morgan fingerprint density at radius 2 is 1.64 bits per heavy atom. The molecule has 0 N–H and O–H groups in total. The molecule has 1 heterocycles. The molecule has 28 heavy (non-hydrogen) atoms. The van der Waals surface area contributed by atoms with Gasteiger partial charge in [-0.05, 0) is 60.7 Å². The average Bonchev–Trinajstić information content (AvgIpc) is 3.18. The van der Waals surface area contributed by atoms with Crippen LogP contribution in [0, 0.1) is 5.82 Å². The number of rotatable bonds is 5. The van der Waals surface area contributed by atoms with Crippen molar-refractivity contribution in [1.82, 2.24) is 9.78 Å². The summed E-state index contributed by atoms with van der Waals surface area (Å²) in [5.74, 6) is 0.502. The van der Waals surface area contributed by atoms with Crippen LogP contribution in [0.5, 0.6) is 5.75 Å². The van der Waals surface area contributed by atoms with E-state index in [4.69, 9.17) is 9.84 Å². The highest BCUT2D eigenvalue weighted by atomic mass is 19.1. The Hall–Kier alpha value is -3.73. The lowest BCUT2D eigenvalue weighted by molar-refractivity contribution is 0.415. The van der Waals surface area contributed by atoms with Crippen molar-refractivity contribution in [2.75, 3.05) is 7.11 Å². The maximum Gasteiger partial charge on any atom is 0.123 e. The summed E-state index contributed by atoms with van der Waals surface area (Å²) >= 11 is 0. The predicted octanol–water partition coefficient (Wildman–Crippen LogP) is 5.44. The van der Waals surface area contributed by atoms with Gasteiger partial charge in [0.05, 0.1) is 18.5 Å². The lowest BCUT2D eigenvalue weighted by Crippen LogP contribution is -1.94. The first-order valence-corrected chi connectivity index (χ1v) is 8.82. The third-order valence-electron chi connectivity index (χ3n) is 4.31. The van der Waals surface area contributed by atoms with Crippen molar-refractivity contribution in [3.05, 3.63) is 96.4 Å². The molecule has 4 nitrogen and oxygen atoms in total. The number of halogens is 1. The number of benzene rings is 3. The number of ether oxygens (including phenoxy) is 1. The third-order valence-corrected chi connectivity index (χ3v) is 4.31. The molecular formula is C23H18FN3O. The van der Waals surface area contributed by atoms with Crippen molar-refractivity contribution in [3.8, 4) is 22.7 Å². The van der Waals surface area contributed by atoms with Gasteiger partial charge in [-0.2, -0.15) is 5.10 Å². The Balaban J connectivity index is 1.74. The quantitative estimate of drug-likeness (QED) is 0.438. The van der Waals surface area contributed by atoms with E-state index in [0.29, 0.717) is 0 Å². The molecule has 4 rings (SSSR count). The summed E-state index contributed by atoms with van der Waals surface area (Å²) in [5, 5.41) is 4.70. The molecular weight excluding hydrogens is 353 g/mol. The molecule has 0 spiro atoms. The van der Waals surface area contributed by atoms with Gasteiger partial charge in [0.1, 0.15) is 17.3 Å². The number of hydrogen-bond acceptors (Lipinski definition) is 3. The zero-order valence-electron chi connectivity index (χ0n) is 15.3. The number of para-hydroxylation sites is 1. The monoisotopic (exact) mass is 371 g/mol. The van der Waals surface area contributed by atoms with Crippen LogP contribution in [0.4, 0.5) is 10.1 Å². The first kappa shape index (κ1) is 17.7. The van der Waals surface area contributed by atoms with E-state index in [9.17, 15) is 4.39 Å². The molecule has 138 valence electrons. The van der Waals surface area contributed by atoms with Crippen molar-refractivity contribution >= 4 is 11.9 Å². The minimum atomic E-state index is -0.278. The molecule has 0 bridgehead atoms. The molecule has 0 aliphatic rings. The zero-order chi connectivity index (χ0) is 19.3. The Morgan fingerprint density at radius 1 is 0.929 bits per heavy atom. The van der Waals surface area contributed by atoms with Crippen LogP contribution >= 0.6 is 0 Å². The standard InChI is InChI=1S/C23H18FN3O/c1-28-22-13-11-20(12-14-22)25-15-18-16-27(21-5-3-2-4-6-21)26-23(18)17-7-9-19(24)10-8-17/h2-16H,1H3. The Labute approximate surface area is 162 Å². The summed E-state index contributed by atoms with van der Waals surface area (Å²) in [6, 6.07) is 23.6. The molecule has 0 atom stereocenters. The molecule has 0 saturated heterocycles. The van der Waals surface area contributed by atoms with Gasteiger partial charge < -0.3 is 4.74 Å². The minimum absolute atomic E-state index is 0.278. The van der Waals surface area contributed by atoms with Gasteiger partial charge >= 0.3 is 0 Å². The van der Waals surface area contributed by atoms with Crippen LogP contribution < -0.4 is 4.74 Å². The molecule has 0 amide bonds. The molecule has 0 fully saturated rings. The van der Waals surface area contributed by atoms with E-state index in [1.165, 1.54) is 12.1 Å². The van der Waals surface area contributed by atoms with Gasteiger partial charge in [0, 0.05) is 23.5 Å². The van der Waals surface area contributed by atoms with Gasteiger partial charge in [0.2, 0.25) is 0 Å². The molecule has 0 radical (unpaired) electrons. The van der Waals surface area contributed by atoms with Crippen LogP contribution in [-0.2, 0) is 0 Å². The van der Waals surface area contributed by atoms with E-state index in [1.54, 1.807) is 30.1 Å². The first-order chi connectivity index (χ1) is 13.7. The van der Waals surface area contributed by atoms with Crippen LogP contribution in [0.1, 0.15) is 5.56 Å². The Kier molecular flexibility index (Phi) is 4.97. The normalized spacial score (nSPS) is 11.1. The topological polar surface area (TPSA) is 39.4 Å². The van der Waals surface area contributed by atoms with Crippen LogP contribution in [0.3, 0.4) is 0 Å². The van der Waals surface area contributed by atoms with Gasteiger partial charge in [-0.3, -0.25) is 4.99 Å². The SMILES string of the molecule is COc1ccc(N=Cc2cn(-c3ccccc3)nc2-c2ccc(F)cc2)cc1. The molecule has 1 aromatic heterocycles. The molecule has 0 aliphatic heterocycles. The first-order valence-electron chi connectivity index (χ1n) is 8.82. The van der Waals surface area contributed by atoms with Crippen LogP contribution in [0.2, 0.25) is 0 Å². The van der Waals surface area contributed by atoms with Gasteiger partial charge in [-0.1, -0.05) is 18.2 Å². The highest BCUT2D eigenvalue weighted by molar-refractivity contribution is 5.90. The van der Waals surface area contributed by atoms with Crippen molar-refractivity contribution < 1.29 is 9.13 Å². The van der Waals surface area contributed by atoms with Gasteiger partial charge in [-0.25, -0.2) is 9.07 Å². The number of nitrogens with zero attached hydrogens (tertiary/aromatic N) is 3. The predicted molar refractivity (Wildman–Crippen MR) is 109 cm³/mol. The summed E-state index contributed by atoms with van der Waals surface area (Å²) in [4.78, 5) is 4.55. The highest BCUT2D eigenvalue weighted by Gasteiger charge is 2.11. The molecule has 4 aromatic rings. The maximum atomic E-state index is 13.3. The van der Waals surface area contributed by atoms with E-state index in [-0.39, 0.29) is 5.82 Å². The van der Waals surface area contributed by atoms with Gasteiger partial charge in [0.25, 0.3) is 0 Å². The molecule has 0 aliphatic carbocycles. The second kappa shape index (κ2) is 7.88. The molecule has 3 aromatic carbocycles. The van der Waals surface area contributed by atoms with Gasteiger partial charge in [0.15, 0.2) is 0 Å². The number of aliphatic imine (C=N–C) groups is 1. The smallest absolute Gasteiger partial charge is 0.123 e. The van der Waals surface area contributed by atoms with Crippen molar-refractivity contribution in [1.29, 1.82) is 0 Å². The molecule has 5 heteroatoms. The Bertz CT molecular complexity index is 1090. The Morgan fingerprint density at radius 3 is 2.32 bits per heavy atom. The van der Waals surface area contributed by atoms with Crippen molar-refractivity contribution in [2.45, 2.75) is 0 Å². The summed E-state index contributed by atoms with van der Waals surface area (Å²) in [6.45, 7) is 0. The zero-order valence-corrected chi connectivity index (χ0v) is 15.3. The van der Waals surface area contributed by atoms with E-state index >= 15 is 0 Å². The second-order valence-corrected chi connectivity index (χ2v) is 6.18. The van der Waals surface area contributed by atoms with Crippen molar-refractivity contribution in [3.63, 3.8) is 0 Å². The van der Waals surface area contributed by atoms with Crippen molar-refractivity contribution in [2.24, 2.45) is 4.99 Å². The highest BCUT2D eigenvalue weighted by Crippen LogP contribution is 2.24. The fraction of sp³-hybridized carbons (Fsp3) is 0.0435. The van der Waals surface area contributed by atoms with E-state index in [0.717, 1.165) is 33.9 Å². The van der Waals surface area contributed by atoms with Gasteiger partial charge in [-0.15, -0.1) is 0 Å². The lowest BCUT2D eigenvalue weighted by Gasteiger charge is -2.00. The average molecular weight is 371 g/mol. The fourth-order valence-corrected chi connectivity index (χ4v) is 2.84. The number of methoxy groups -OCH3 is 1. The summed E-state index contributed by atoms with van der Waals surface area (Å²) < 4.78 is 20.3. The van der Waals surface area contributed by atoms with Crippen LogP contribution in [0.15, 0.2) is 90.1 Å². The largest absolute Gasteiger partial charge is 0.497 e. The number of hydrogen-bond donors (Lipinski definition) is 0. The minimum Gasteiger partial charge on any atom is -0.497 e. The van der Waals surface area contributed by atoms with Crippen LogP contribution in [0.25, 0.3) is 16.9 Å².